The predicted octanol–water partition coefficient (Wildman–Crippen LogP) is 1.58. The van der Waals surface area contributed by atoms with Crippen LogP contribution in [0.4, 0.5) is 10.2 Å². The second kappa shape index (κ2) is 6.19. The molecule has 9 heteroatoms. The molecule has 0 spiro atoms. The number of aryl methyl sites for hydroxylation is 1. The Hall–Kier alpha value is -3.49. The Kier molecular flexibility index (Phi) is 4.05. The van der Waals surface area contributed by atoms with E-state index in [1.807, 2.05) is 0 Å². The maximum absolute atomic E-state index is 13.3. The molecule has 0 bridgehead atoms. The maximum Gasteiger partial charge on any atom is 0.292 e. The standard InChI is InChI=1S/C16H13FN4O4/c1-7-13(16(24)18-2)14(21-20-7)19-15(23)12-6-10(22)9-4-3-8(17)5-11(9)25-12/h3-6H,1-2H3,(H,18,24)(H2,19,20,21,23). The lowest BCUT2D eigenvalue weighted by atomic mass is 10.2. The van der Waals surface area contributed by atoms with Crippen molar-refractivity contribution >= 4 is 28.6 Å². The summed E-state index contributed by atoms with van der Waals surface area (Å²) < 4.78 is 18.6. The molecule has 2 heterocycles. The summed E-state index contributed by atoms with van der Waals surface area (Å²) in [7, 11) is 1.44. The highest BCUT2D eigenvalue weighted by atomic mass is 19.1. The highest BCUT2D eigenvalue weighted by Gasteiger charge is 2.21. The number of halogens is 1. The smallest absolute Gasteiger partial charge is 0.292 e. The Balaban J connectivity index is 1.99. The number of rotatable bonds is 3. The van der Waals surface area contributed by atoms with Gasteiger partial charge in [0.25, 0.3) is 11.8 Å². The lowest BCUT2D eigenvalue weighted by molar-refractivity contribution is 0.0963. The SMILES string of the molecule is CNC(=O)c1c(NC(=O)c2cc(=O)c3ccc(F)cc3o2)n[nH]c1C. The van der Waals surface area contributed by atoms with Crippen molar-refractivity contribution in [2.45, 2.75) is 6.92 Å². The first-order chi connectivity index (χ1) is 11.9. The van der Waals surface area contributed by atoms with Crippen LogP contribution in [0.15, 0.2) is 33.5 Å². The molecule has 0 atom stereocenters. The van der Waals surface area contributed by atoms with Crippen molar-refractivity contribution in [1.29, 1.82) is 0 Å². The van der Waals surface area contributed by atoms with Gasteiger partial charge in [-0.1, -0.05) is 0 Å². The van der Waals surface area contributed by atoms with Crippen LogP contribution in [-0.2, 0) is 0 Å². The van der Waals surface area contributed by atoms with Crippen LogP contribution in [0.3, 0.4) is 0 Å². The van der Waals surface area contributed by atoms with Gasteiger partial charge in [-0.05, 0) is 19.1 Å². The van der Waals surface area contributed by atoms with Crippen molar-refractivity contribution < 1.29 is 18.4 Å². The molecule has 8 nitrogen and oxygen atoms in total. The number of amides is 2. The van der Waals surface area contributed by atoms with Gasteiger partial charge >= 0.3 is 0 Å². The van der Waals surface area contributed by atoms with E-state index in [4.69, 9.17) is 4.42 Å². The number of hydrogen-bond donors (Lipinski definition) is 3. The van der Waals surface area contributed by atoms with E-state index in [1.54, 1.807) is 6.92 Å². The molecule has 1 aromatic carbocycles. The average Bonchev–Trinajstić information content (AvgIpc) is 2.94. The lowest BCUT2D eigenvalue weighted by Gasteiger charge is -2.05. The van der Waals surface area contributed by atoms with Crippen molar-refractivity contribution in [2.75, 3.05) is 12.4 Å². The second-order valence-corrected chi connectivity index (χ2v) is 5.22. The molecule has 3 aromatic rings. The first kappa shape index (κ1) is 16.4. The van der Waals surface area contributed by atoms with E-state index in [2.05, 4.69) is 20.8 Å². The number of benzene rings is 1. The van der Waals surface area contributed by atoms with Crippen LogP contribution >= 0.6 is 0 Å². The molecule has 0 aliphatic rings. The number of fused-ring (bicyclic) bond motifs is 1. The fourth-order valence-electron chi connectivity index (χ4n) is 2.33. The highest BCUT2D eigenvalue weighted by Crippen LogP contribution is 2.18. The zero-order valence-electron chi connectivity index (χ0n) is 13.3. The molecular weight excluding hydrogens is 331 g/mol. The molecular formula is C16H13FN4O4. The van der Waals surface area contributed by atoms with Gasteiger partial charge in [-0.15, -0.1) is 0 Å². The van der Waals surface area contributed by atoms with E-state index in [1.165, 1.54) is 13.1 Å². The molecule has 0 saturated heterocycles. The maximum atomic E-state index is 13.3. The number of aromatic amines is 1. The fourth-order valence-corrected chi connectivity index (χ4v) is 2.33. The van der Waals surface area contributed by atoms with Crippen LogP contribution in [0, 0.1) is 12.7 Å². The largest absolute Gasteiger partial charge is 0.451 e. The van der Waals surface area contributed by atoms with Gasteiger partial charge in [0.05, 0.1) is 5.39 Å². The monoisotopic (exact) mass is 344 g/mol. The summed E-state index contributed by atoms with van der Waals surface area (Å²) in [5.74, 6) is -2.17. The zero-order valence-corrected chi connectivity index (χ0v) is 13.3. The Morgan fingerprint density at radius 3 is 2.72 bits per heavy atom. The molecule has 0 saturated carbocycles. The topological polar surface area (TPSA) is 117 Å². The number of aromatic nitrogens is 2. The Morgan fingerprint density at radius 1 is 1.24 bits per heavy atom. The quantitative estimate of drug-likeness (QED) is 0.667. The first-order valence-electron chi connectivity index (χ1n) is 7.22. The van der Waals surface area contributed by atoms with Gasteiger partial charge in [0, 0.05) is 24.9 Å². The number of carbonyl (C=O) groups is 2. The van der Waals surface area contributed by atoms with Crippen molar-refractivity contribution in [3.8, 4) is 0 Å². The van der Waals surface area contributed by atoms with E-state index < -0.39 is 23.1 Å². The summed E-state index contributed by atoms with van der Waals surface area (Å²) >= 11 is 0. The lowest BCUT2D eigenvalue weighted by Crippen LogP contribution is -2.22. The molecule has 128 valence electrons. The summed E-state index contributed by atoms with van der Waals surface area (Å²) in [6.45, 7) is 1.62. The predicted molar refractivity (Wildman–Crippen MR) is 87.1 cm³/mol. The van der Waals surface area contributed by atoms with Gasteiger partial charge in [0.15, 0.2) is 17.0 Å². The molecule has 0 fully saturated rings. The van der Waals surface area contributed by atoms with E-state index in [0.717, 1.165) is 18.2 Å². The van der Waals surface area contributed by atoms with Crippen molar-refractivity contribution in [1.82, 2.24) is 15.5 Å². The number of anilines is 1. The van der Waals surface area contributed by atoms with E-state index in [0.29, 0.717) is 5.69 Å². The van der Waals surface area contributed by atoms with Gasteiger partial charge in [-0.2, -0.15) is 5.10 Å². The van der Waals surface area contributed by atoms with Gasteiger partial charge < -0.3 is 15.1 Å². The average molecular weight is 344 g/mol. The number of H-pyrrole nitrogens is 1. The van der Waals surface area contributed by atoms with Crippen LogP contribution in [0.2, 0.25) is 0 Å². The highest BCUT2D eigenvalue weighted by molar-refractivity contribution is 6.07. The third-order valence-corrected chi connectivity index (χ3v) is 3.55. The minimum atomic E-state index is -0.792. The van der Waals surface area contributed by atoms with Crippen LogP contribution in [0.25, 0.3) is 11.0 Å². The summed E-state index contributed by atoms with van der Waals surface area (Å²) in [5, 5.41) is 11.4. The number of nitrogens with zero attached hydrogens (tertiary/aromatic N) is 1. The summed E-state index contributed by atoms with van der Waals surface area (Å²) in [6, 6.07) is 4.41. The van der Waals surface area contributed by atoms with Crippen LogP contribution in [-0.4, -0.2) is 29.1 Å². The van der Waals surface area contributed by atoms with Crippen molar-refractivity contribution in [3.05, 3.63) is 57.3 Å². The van der Waals surface area contributed by atoms with Crippen LogP contribution in [0.1, 0.15) is 26.6 Å². The van der Waals surface area contributed by atoms with Gasteiger partial charge in [0.2, 0.25) is 0 Å². The molecule has 0 unspecified atom stereocenters. The zero-order chi connectivity index (χ0) is 18.1. The number of nitrogens with one attached hydrogen (secondary N) is 3. The second-order valence-electron chi connectivity index (χ2n) is 5.22. The number of hydrogen-bond acceptors (Lipinski definition) is 5. The van der Waals surface area contributed by atoms with E-state index in [9.17, 15) is 18.8 Å². The third kappa shape index (κ3) is 2.99. The van der Waals surface area contributed by atoms with Gasteiger partial charge in [0.1, 0.15) is 17.0 Å². The molecule has 0 radical (unpaired) electrons. The Morgan fingerprint density at radius 2 is 2.00 bits per heavy atom. The summed E-state index contributed by atoms with van der Waals surface area (Å²) in [6.07, 6.45) is 0. The molecule has 2 aromatic heterocycles. The van der Waals surface area contributed by atoms with Gasteiger partial charge in [-0.25, -0.2) is 4.39 Å². The van der Waals surface area contributed by atoms with Crippen molar-refractivity contribution in [3.63, 3.8) is 0 Å². The molecule has 25 heavy (non-hydrogen) atoms. The number of carbonyl (C=O) groups excluding carboxylic acids is 2. The molecule has 0 aliphatic heterocycles. The van der Waals surface area contributed by atoms with E-state index in [-0.39, 0.29) is 28.1 Å². The Bertz CT molecular complexity index is 1050. The molecule has 3 N–H and O–H groups in total. The summed E-state index contributed by atoms with van der Waals surface area (Å²) in [4.78, 5) is 36.3. The van der Waals surface area contributed by atoms with Gasteiger partial charge in [-0.3, -0.25) is 19.5 Å². The van der Waals surface area contributed by atoms with Crippen molar-refractivity contribution in [2.24, 2.45) is 0 Å². The molecule has 0 aliphatic carbocycles. The van der Waals surface area contributed by atoms with Crippen LogP contribution < -0.4 is 16.1 Å². The van der Waals surface area contributed by atoms with E-state index >= 15 is 0 Å². The third-order valence-electron chi connectivity index (χ3n) is 3.55. The fraction of sp³-hybridized carbons (Fsp3) is 0.125. The van der Waals surface area contributed by atoms with Crippen LogP contribution in [0.5, 0.6) is 0 Å². The minimum Gasteiger partial charge on any atom is -0.451 e. The molecule has 3 rings (SSSR count). The minimum absolute atomic E-state index is 0.0103. The summed E-state index contributed by atoms with van der Waals surface area (Å²) in [5.41, 5.74) is 0.0697. The molecule has 2 amide bonds. The normalized spacial score (nSPS) is 10.7. The Labute approximate surface area is 140 Å². The first-order valence-corrected chi connectivity index (χ1v) is 7.22.